The van der Waals surface area contributed by atoms with Crippen molar-refractivity contribution in [3.63, 3.8) is 0 Å². The van der Waals surface area contributed by atoms with Crippen molar-refractivity contribution < 1.29 is 23.9 Å². The molecule has 176 valence electrons. The van der Waals surface area contributed by atoms with Crippen molar-refractivity contribution in [3.8, 4) is 5.75 Å². The third-order valence-corrected chi connectivity index (χ3v) is 5.20. The van der Waals surface area contributed by atoms with Gasteiger partial charge in [-0.15, -0.1) is 0 Å². The van der Waals surface area contributed by atoms with Crippen molar-refractivity contribution in [3.05, 3.63) is 95.1 Å². The van der Waals surface area contributed by atoms with E-state index < -0.39 is 6.16 Å². The molecule has 0 heterocycles. The number of para-hydroxylation sites is 1. The fourth-order valence-electron chi connectivity index (χ4n) is 3.33. The molecule has 3 rings (SSSR count). The molecule has 34 heavy (non-hydrogen) atoms. The predicted molar refractivity (Wildman–Crippen MR) is 130 cm³/mol. The summed E-state index contributed by atoms with van der Waals surface area (Å²) in [6.45, 7) is 4.23. The lowest BCUT2D eigenvalue weighted by atomic mass is 10.0. The maximum Gasteiger partial charge on any atom is 0.513 e. The molecule has 2 amide bonds. The van der Waals surface area contributed by atoms with Crippen LogP contribution in [0.1, 0.15) is 40.4 Å². The van der Waals surface area contributed by atoms with Gasteiger partial charge in [-0.1, -0.05) is 42.5 Å². The first-order valence-electron chi connectivity index (χ1n) is 11.1. The maximum absolute atomic E-state index is 12.7. The van der Waals surface area contributed by atoms with Gasteiger partial charge in [0.25, 0.3) is 5.91 Å². The molecule has 0 spiro atoms. The van der Waals surface area contributed by atoms with E-state index in [0.29, 0.717) is 30.6 Å². The molecule has 7 heteroatoms. The van der Waals surface area contributed by atoms with Crippen LogP contribution in [0.2, 0.25) is 0 Å². The molecule has 7 nitrogen and oxygen atoms in total. The van der Waals surface area contributed by atoms with Crippen molar-refractivity contribution in [2.75, 3.05) is 11.9 Å². The van der Waals surface area contributed by atoms with Crippen LogP contribution in [0.25, 0.3) is 0 Å². The summed E-state index contributed by atoms with van der Waals surface area (Å²) < 4.78 is 9.73. The van der Waals surface area contributed by atoms with Gasteiger partial charge in [0, 0.05) is 24.2 Å². The molecule has 0 atom stereocenters. The van der Waals surface area contributed by atoms with Crippen LogP contribution < -0.4 is 15.4 Å². The monoisotopic (exact) mass is 460 g/mol. The first-order chi connectivity index (χ1) is 16.5. The Morgan fingerprint density at radius 1 is 0.853 bits per heavy atom. The average molecular weight is 461 g/mol. The lowest BCUT2D eigenvalue weighted by molar-refractivity contribution is -0.121. The van der Waals surface area contributed by atoms with Crippen molar-refractivity contribution in [2.45, 2.75) is 33.2 Å². The number of carbonyl (C=O) groups excluding carboxylic acids is 3. The number of benzene rings is 3. The third-order valence-electron chi connectivity index (χ3n) is 5.20. The molecule has 0 aliphatic rings. The molecule has 0 aliphatic heterocycles. The SMILES string of the molecule is CCOC(=O)Oc1ccc(C(=O)Nc2ccccc2CNC(=O)CCc2ccccc2C)cc1. The van der Waals surface area contributed by atoms with E-state index in [4.69, 9.17) is 9.47 Å². The Morgan fingerprint density at radius 3 is 2.24 bits per heavy atom. The minimum absolute atomic E-state index is 0.0541. The van der Waals surface area contributed by atoms with Crippen LogP contribution in [0, 0.1) is 6.92 Å². The van der Waals surface area contributed by atoms with Gasteiger partial charge in [0.1, 0.15) is 5.75 Å². The number of rotatable bonds is 9. The number of carbonyl (C=O) groups is 3. The number of hydrogen-bond acceptors (Lipinski definition) is 5. The second kappa shape index (κ2) is 12.2. The lowest BCUT2D eigenvalue weighted by Gasteiger charge is -2.13. The number of nitrogens with one attached hydrogen (secondary N) is 2. The van der Waals surface area contributed by atoms with Crippen LogP contribution in [0.5, 0.6) is 5.75 Å². The zero-order valence-electron chi connectivity index (χ0n) is 19.3. The second-order valence-electron chi connectivity index (χ2n) is 7.62. The Bertz CT molecular complexity index is 1140. The molecule has 3 aromatic carbocycles. The number of hydrogen-bond donors (Lipinski definition) is 2. The van der Waals surface area contributed by atoms with Gasteiger partial charge in [-0.25, -0.2) is 4.79 Å². The summed E-state index contributed by atoms with van der Waals surface area (Å²) in [6.07, 6.45) is 0.265. The molecule has 2 N–H and O–H groups in total. The summed E-state index contributed by atoms with van der Waals surface area (Å²) >= 11 is 0. The van der Waals surface area contributed by atoms with E-state index in [0.717, 1.165) is 11.1 Å². The quantitative estimate of drug-likeness (QED) is 0.345. The minimum Gasteiger partial charge on any atom is -0.434 e. The number of aryl methyl sites for hydroxylation is 2. The minimum atomic E-state index is -0.797. The number of amides is 2. The van der Waals surface area contributed by atoms with Crippen molar-refractivity contribution in [1.82, 2.24) is 5.32 Å². The molecular weight excluding hydrogens is 432 g/mol. The Hall–Kier alpha value is -4.13. The van der Waals surface area contributed by atoms with Crippen LogP contribution in [0.15, 0.2) is 72.8 Å². The van der Waals surface area contributed by atoms with Gasteiger partial charge in [-0.05, 0) is 67.3 Å². The summed E-state index contributed by atoms with van der Waals surface area (Å²) in [5.74, 6) is -0.0913. The van der Waals surface area contributed by atoms with Crippen LogP contribution >= 0.6 is 0 Å². The summed E-state index contributed by atoms with van der Waals surface area (Å²) in [5, 5.41) is 5.80. The van der Waals surface area contributed by atoms with Crippen LogP contribution in [-0.2, 0) is 22.5 Å². The Morgan fingerprint density at radius 2 is 1.53 bits per heavy atom. The van der Waals surface area contributed by atoms with Gasteiger partial charge in [0.05, 0.1) is 6.61 Å². The van der Waals surface area contributed by atoms with Crippen LogP contribution in [0.4, 0.5) is 10.5 Å². The fourth-order valence-corrected chi connectivity index (χ4v) is 3.33. The zero-order chi connectivity index (χ0) is 24.3. The Kier molecular flexibility index (Phi) is 8.80. The highest BCUT2D eigenvalue weighted by Crippen LogP contribution is 2.18. The highest BCUT2D eigenvalue weighted by atomic mass is 16.7. The van der Waals surface area contributed by atoms with Crippen molar-refractivity contribution >= 4 is 23.7 Å². The lowest BCUT2D eigenvalue weighted by Crippen LogP contribution is -2.24. The predicted octanol–water partition coefficient (Wildman–Crippen LogP) is 5.03. The molecule has 0 unspecified atom stereocenters. The topological polar surface area (TPSA) is 93.7 Å². The first kappa shape index (κ1) is 24.5. The highest BCUT2D eigenvalue weighted by Gasteiger charge is 2.12. The van der Waals surface area contributed by atoms with Gasteiger partial charge >= 0.3 is 6.16 Å². The molecular formula is C27H28N2O5. The average Bonchev–Trinajstić information content (AvgIpc) is 2.83. The normalized spacial score (nSPS) is 10.3. The van der Waals surface area contributed by atoms with E-state index in [2.05, 4.69) is 10.6 Å². The van der Waals surface area contributed by atoms with E-state index in [1.807, 2.05) is 49.4 Å². The molecule has 0 radical (unpaired) electrons. The number of ether oxygens (including phenoxy) is 2. The van der Waals surface area contributed by atoms with E-state index in [1.165, 1.54) is 17.7 Å². The standard InChI is InChI=1S/C27H28N2O5/c1-3-33-27(32)34-23-15-12-21(13-16-23)26(31)29-24-11-7-6-10-22(24)18-28-25(30)17-14-20-9-5-4-8-19(20)2/h4-13,15-16H,3,14,17-18H2,1-2H3,(H,28,30)(H,29,31). The van der Waals surface area contributed by atoms with Crippen LogP contribution in [0.3, 0.4) is 0 Å². The van der Waals surface area contributed by atoms with Gasteiger partial charge in [0.2, 0.25) is 5.91 Å². The molecule has 3 aromatic rings. The molecule has 0 aliphatic carbocycles. The summed E-state index contributed by atoms with van der Waals surface area (Å²) in [5.41, 5.74) is 4.13. The maximum atomic E-state index is 12.7. The summed E-state index contributed by atoms with van der Waals surface area (Å²) in [6, 6.07) is 21.5. The third kappa shape index (κ3) is 7.20. The molecule has 0 bridgehead atoms. The van der Waals surface area contributed by atoms with E-state index in [9.17, 15) is 14.4 Å². The fraction of sp³-hybridized carbons (Fsp3) is 0.222. The summed E-state index contributed by atoms with van der Waals surface area (Å²) in [7, 11) is 0. The highest BCUT2D eigenvalue weighted by molar-refractivity contribution is 6.04. The van der Waals surface area contributed by atoms with Crippen LogP contribution in [-0.4, -0.2) is 24.6 Å². The molecule has 0 saturated carbocycles. The van der Waals surface area contributed by atoms with Gasteiger partial charge in [-0.2, -0.15) is 0 Å². The van der Waals surface area contributed by atoms with Gasteiger partial charge in [0.15, 0.2) is 0 Å². The molecule has 0 fully saturated rings. The van der Waals surface area contributed by atoms with Crippen molar-refractivity contribution in [2.24, 2.45) is 0 Å². The molecule has 0 aromatic heterocycles. The summed E-state index contributed by atoms with van der Waals surface area (Å²) in [4.78, 5) is 36.5. The van der Waals surface area contributed by atoms with E-state index in [1.54, 1.807) is 25.1 Å². The van der Waals surface area contributed by atoms with Crippen molar-refractivity contribution in [1.29, 1.82) is 0 Å². The largest absolute Gasteiger partial charge is 0.513 e. The van der Waals surface area contributed by atoms with Gasteiger partial charge in [-0.3, -0.25) is 9.59 Å². The van der Waals surface area contributed by atoms with E-state index in [-0.39, 0.29) is 24.2 Å². The molecule has 0 saturated heterocycles. The zero-order valence-corrected chi connectivity index (χ0v) is 19.3. The van der Waals surface area contributed by atoms with Gasteiger partial charge < -0.3 is 20.1 Å². The first-order valence-corrected chi connectivity index (χ1v) is 11.1. The Balaban J connectivity index is 1.55. The number of anilines is 1. The Labute approximate surface area is 199 Å². The second-order valence-corrected chi connectivity index (χ2v) is 7.62. The van der Waals surface area contributed by atoms with E-state index >= 15 is 0 Å². The smallest absolute Gasteiger partial charge is 0.434 e.